The van der Waals surface area contributed by atoms with Gasteiger partial charge in [-0.05, 0) is 188 Å². The summed E-state index contributed by atoms with van der Waals surface area (Å²) in [7, 11) is 8.29. The molecule has 74 heavy (non-hydrogen) atoms. The number of aryl methyl sites for hydroxylation is 2. The number of rotatable bonds is 21. The third kappa shape index (κ3) is 11.4. The van der Waals surface area contributed by atoms with Crippen LogP contribution in [0.5, 0.6) is 11.5 Å². The Labute approximate surface area is 448 Å². The molecule has 0 amide bonds. The molecular weight excluding hydrogens is 973 g/mol. The number of halogens is 1. The molecule has 2 aromatic heterocycles. The fourth-order valence-electron chi connectivity index (χ4n) is 10.6. The van der Waals surface area contributed by atoms with E-state index in [4.69, 9.17) is 9.47 Å². The molecule has 0 N–H and O–H groups in total. The number of hydrogen-bond donors (Lipinski definition) is 0. The van der Waals surface area contributed by atoms with Crippen molar-refractivity contribution in [3.8, 4) is 11.5 Å². The lowest BCUT2D eigenvalue weighted by Gasteiger charge is -2.20. The van der Waals surface area contributed by atoms with E-state index >= 15 is 0 Å². The molecule has 7 aromatic carbocycles. The number of hydrogen-bond acceptors (Lipinski definition) is 4. The first-order valence-electron chi connectivity index (χ1n) is 26.4. The van der Waals surface area contributed by atoms with Gasteiger partial charge in [-0.25, -0.2) is 0 Å². The SMILES string of the molecule is CC/C(=C(\c1ccccc1)c1ccc(OCCN(C)C)cc1)c1ccc2c(c1)c(C(c1ccc(Br)cc1)c1cn(CC)c3ccc(/C(CC)=C(/c4ccccc4)c4ccc(OCCN(C)C)cc4)cc13)cn2CC. The van der Waals surface area contributed by atoms with E-state index in [0.717, 1.165) is 55.0 Å². The molecule has 0 unspecified atom stereocenters. The highest BCUT2D eigenvalue weighted by atomic mass is 79.9. The van der Waals surface area contributed by atoms with Crippen molar-refractivity contribution >= 4 is 60.0 Å². The van der Waals surface area contributed by atoms with Crippen molar-refractivity contribution in [3.63, 3.8) is 0 Å². The topological polar surface area (TPSA) is 34.8 Å². The molecule has 378 valence electrons. The lowest BCUT2D eigenvalue weighted by Crippen LogP contribution is -2.19. The Morgan fingerprint density at radius 1 is 0.459 bits per heavy atom. The number of allylic oxidation sites excluding steroid dienone is 2. The molecule has 9 aromatic rings. The molecule has 0 saturated heterocycles. The second-order valence-electron chi connectivity index (χ2n) is 19.7. The first-order valence-corrected chi connectivity index (χ1v) is 27.2. The van der Waals surface area contributed by atoms with Crippen LogP contribution in [0.25, 0.3) is 44.1 Å². The summed E-state index contributed by atoms with van der Waals surface area (Å²) in [5.41, 5.74) is 18.6. The van der Waals surface area contributed by atoms with Crippen LogP contribution < -0.4 is 9.47 Å². The van der Waals surface area contributed by atoms with E-state index < -0.39 is 0 Å². The Kier molecular flexibility index (Phi) is 16.8. The average molecular weight is 1040 g/mol. The molecule has 0 atom stereocenters. The van der Waals surface area contributed by atoms with Gasteiger partial charge in [0.05, 0.1) is 0 Å². The summed E-state index contributed by atoms with van der Waals surface area (Å²) < 4.78 is 18.3. The van der Waals surface area contributed by atoms with Crippen molar-refractivity contribution in [1.29, 1.82) is 0 Å². The molecule has 7 heteroatoms. The smallest absolute Gasteiger partial charge is 0.119 e. The van der Waals surface area contributed by atoms with Gasteiger partial charge in [0.2, 0.25) is 0 Å². The van der Waals surface area contributed by atoms with Gasteiger partial charge in [-0.15, -0.1) is 0 Å². The summed E-state index contributed by atoms with van der Waals surface area (Å²) in [5.74, 6) is 1.70. The summed E-state index contributed by atoms with van der Waals surface area (Å²) in [5, 5.41) is 2.53. The lowest BCUT2D eigenvalue weighted by atomic mass is 9.83. The maximum Gasteiger partial charge on any atom is 0.119 e. The van der Waals surface area contributed by atoms with Crippen LogP contribution >= 0.6 is 15.9 Å². The molecule has 0 aliphatic rings. The minimum absolute atomic E-state index is 0.0652. The molecule has 2 heterocycles. The van der Waals surface area contributed by atoms with E-state index in [1.54, 1.807) is 0 Å². The predicted molar refractivity (Wildman–Crippen MR) is 317 cm³/mol. The molecule has 0 saturated carbocycles. The average Bonchev–Trinajstić information content (AvgIpc) is 3.98. The summed E-state index contributed by atoms with van der Waals surface area (Å²) >= 11 is 3.79. The minimum Gasteiger partial charge on any atom is -0.492 e. The molecule has 0 spiro atoms. The number of nitrogens with zero attached hydrogens (tertiary/aromatic N) is 4. The number of aromatic nitrogens is 2. The summed E-state index contributed by atoms with van der Waals surface area (Å²) in [6.07, 6.45) is 6.58. The van der Waals surface area contributed by atoms with E-state index in [-0.39, 0.29) is 5.92 Å². The quantitative estimate of drug-likeness (QED) is 0.0672. The Bertz CT molecular complexity index is 3160. The zero-order valence-corrected chi connectivity index (χ0v) is 46.1. The zero-order chi connectivity index (χ0) is 51.7. The largest absolute Gasteiger partial charge is 0.492 e. The standard InChI is InChI=1S/C67H71BrN4O2/c1-9-57(65(47-19-15-13-16-20-47)49-25-33-55(34-26-49)73-41-39-69(5)6)52-29-37-63-59(43-52)61(45-71(63)11-3)67(51-23-31-54(68)32-24-51)62-46-72(12-4)64-38-30-53(44-60(62)64)58(10-2)66(48-21-17-14-18-22-48)50-27-35-56(36-28-50)74-42-40-70(7)8/h13-38,43-46,67H,9-12,39-42H2,1-8H3/b65-57-,66-58-. The van der Waals surface area contributed by atoms with Gasteiger partial charge in [0.15, 0.2) is 0 Å². The van der Waals surface area contributed by atoms with Crippen molar-refractivity contribution in [1.82, 2.24) is 18.9 Å². The van der Waals surface area contributed by atoms with E-state index in [1.807, 2.05) is 0 Å². The predicted octanol–water partition coefficient (Wildman–Crippen LogP) is 16.2. The Morgan fingerprint density at radius 3 is 1.20 bits per heavy atom. The van der Waals surface area contributed by atoms with E-state index in [1.165, 1.54) is 94.2 Å². The molecular formula is C67H71BrN4O2. The van der Waals surface area contributed by atoms with Crippen LogP contribution in [0.3, 0.4) is 0 Å². The Balaban J connectivity index is 1.23. The molecule has 0 fully saturated rings. The lowest BCUT2D eigenvalue weighted by molar-refractivity contribution is 0.261. The van der Waals surface area contributed by atoms with E-state index in [9.17, 15) is 0 Å². The minimum atomic E-state index is -0.0652. The maximum absolute atomic E-state index is 6.16. The number of fused-ring (bicyclic) bond motifs is 2. The van der Waals surface area contributed by atoms with E-state index in [0.29, 0.717) is 13.2 Å². The first-order chi connectivity index (χ1) is 36.1. The van der Waals surface area contributed by atoms with Gasteiger partial charge in [0.25, 0.3) is 0 Å². The van der Waals surface area contributed by atoms with Crippen molar-refractivity contribution < 1.29 is 9.47 Å². The van der Waals surface area contributed by atoms with Crippen LogP contribution in [0, 0.1) is 0 Å². The summed E-state index contributed by atoms with van der Waals surface area (Å²) in [4.78, 5) is 4.29. The Morgan fingerprint density at radius 2 is 0.838 bits per heavy atom. The number of likely N-dealkylation sites (N-methyl/N-ethyl adjacent to an activating group) is 2. The van der Waals surface area contributed by atoms with Crippen LogP contribution in [0.1, 0.15) is 96.5 Å². The highest BCUT2D eigenvalue weighted by Gasteiger charge is 2.27. The highest BCUT2D eigenvalue weighted by molar-refractivity contribution is 9.10. The van der Waals surface area contributed by atoms with Crippen molar-refractivity contribution in [2.75, 3.05) is 54.5 Å². The zero-order valence-electron chi connectivity index (χ0n) is 44.5. The Hall–Kier alpha value is -6.90. The second-order valence-corrected chi connectivity index (χ2v) is 20.6. The third-order valence-electron chi connectivity index (χ3n) is 14.4. The molecule has 0 bridgehead atoms. The fraction of sp³-hybridized carbons (Fsp3) is 0.254. The van der Waals surface area contributed by atoms with Crippen molar-refractivity contribution in [3.05, 3.63) is 237 Å². The van der Waals surface area contributed by atoms with Gasteiger partial charge in [0.1, 0.15) is 24.7 Å². The summed E-state index contributed by atoms with van der Waals surface area (Å²) in [6.45, 7) is 13.8. The number of benzene rings is 7. The van der Waals surface area contributed by atoms with Gasteiger partial charge in [-0.2, -0.15) is 0 Å². The van der Waals surface area contributed by atoms with Crippen LogP contribution in [0.15, 0.2) is 187 Å². The van der Waals surface area contributed by atoms with Crippen LogP contribution in [-0.2, 0) is 13.1 Å². The second kappa shape index (κ2) is 24.0. The van der Waals surface area contributed by atoms with Crippen molar-refractivity contribution in [2.45, 2.75) is 59.5 Å². The maximum atomic E-state index is 6.16. The normalized spacial score (nSPS) is 12.9. The highest BCUT2D eigenvalue weighted by Crippen LogP contribution is 2.45. The molecule has 9 rings (SSSR count). The number of ether oxygens (including phenoxy) is 2. The van der Waals surface area contributed by atoms with Crippen LogP contribution in [0.4, 0.5) is 0 Å². The summed E-state index contributed by atoms with van der Waals surface area (Å²) in [6, 6.07) is 62.5. The third-order valence-corrected chi connectivity index (χ3v) is 14.9. The van der Waals surface area contributed by atoms with E-state index in [2.05, 4.69) is 273 Å². The van der Waals surface area contributed by atoms with Gasteiger partial charge < -0.3 is 28.4 Å². The van der Waals surface area contributed by atoms with Gasteiger partial charge >= 0.3 is 0 Å². The molecule has 0 aliphatic carbocycles. The van der Waals surface area contributed by atoms with Gasteiger partial charge in [0, 0.05) is 70.8 Å². The molecule has 0 radical (unpaired) electrons. The van der Waals surface area contributed by atoms with Gasteiger partial charge in [-0.1, -0.05) is 139 Å². The monoisotopic (exact) mass is 1040 g/mol. The van der Waals surface area contributed by atoms with Crippen LogP contribution in [0.2, 0.25) is 0 Å². The fourth-order valence-corrected chi connectivity index (χ4v) is 10.9. The van der Waals surface area contributed by atoms with Crippen LogP contribution in [-0.4, -0.2) is 73.4 Å². The molecule has 0 aliphatic heterocycles. The van der Waals surface area contributed by atoms with Gasteiger partial charge in [-0.3, -0.25) is 0 Å². The molecule has 6 nitrogen and oxygen atoms in total. The van der Waals surface area contributed by atoms with Crippen molar-refractivity contribution in [2.24, 2.45) is 0 Å². The first kappa shape index (κ1) is 52.0.